The lowest BCUT2D eigenvalue weighted by molar-refractivity contribution is -0.144. The molecule has 0 bridgehead atoms. The van der Waals surface area contributed by atoms with Gasteiger partial charge < -0.3 is 10.4 Å². The monoisotopic (exact) mass is 283 g/mol. The van der Waals surface area contributed by atoms with E-state index in [0.29, 0.717) is 24.1 Å². The van der Waals surface area contributed by atoms with Crippen LogP contribution in [0.2, 0.25) is 0 Å². The number of carboxylic acids is 1. The SMILES string of the molecule is Cc1nn(C)cc1C(=O)NC1(C(=O)O)CCSCC1. The molecule has 104 valence electrons. The Morgan fingerprint density at radius 3 is 2.58 bits per heavy atom. The Morgan fingerprint density at radius 2 is 2.11 bits per heavy atom. The number of nitrogens with zero attached hydrogens (tertiary/aromatic N) is 2. The quantitative estimate of drug-likeness (QED) is 0.857. The summed E-state index contributed by atoms with van der Waals surface area (Å²) in [5.74, 6) is 0.180. The molecule has 2 N–H and O–H groups in total. The van der Waals surface area contributed by atoms with Gasteiger partial charge >= 0.3 is 5.97 Å². The Kier molecular flexibility index (Phi) is 3.84. The lowest BCUT2D eigenvalue weighted by Gasteiger charge is -2.33. The van der Waals surface area contributed by atoms with Gasteiger partial charge in [-0.2, -0.15) is 16.9 Å². The van der Waals surface area contributed by atoms with E-state index in [1.807, 2.05) is 0 Å². The van der Waals surface area contributed by atoms with Crippen LogP contribution in [-0.4, -0.2) is 43.8 Å². The predicted molar refractivity (Wildman–Crippen MR) is 72.3 cm³/mol. The van der Waals surface area contributed by atoms with Crippen molar-refractivity contribution in [3.05, 3.63) is 17.5 Å². The van der Waals surface area contributed by atoms with Crippen LogP contribution in [0.3, 0.4) is 0 Å². The summed E-state index contributed by atoms with van der Waals surface area (Å²) >= 11 is 1.71. The van der Waals surface area contributed by atoms with Gasteiger partial charge in [0.2, 0.25) is 0 Å². The molecule has 1 aliphatic rings. The highest BCUT2D eigenvalue weighted by molar-refractivity contribution is 7.99. The van der Waals surface area contributed by atoms with Gasteiger partial charge in [0.25, 0.3) is 5.91 Å². The Bertz CT molecular complexity index is 506. The number of nitrogens with one attached hydrogen (secondary N) is 1. The summed E-state index contributed by atoms with van der Waals surface area (Å²) in [6.45, 7) is 1.74. The number of thioether (sulfide) groups is 1. The molecule has 1 saturated heterocycles. The van der Waals surface area contributed by atoms with E-state index in [1.54, 1.807) is 36.6 Å². The summed E-state index contributed by atoms with van der Waals surface area (Å²) in [5.41, 5.74) is -0.1000. The number of aromatic nitrogens is 2. The van der Waals surface area contributed by atoms with Crippen LogP contribution in [0.25, 0.3) is 0 Å². The molecule has 1 amide bonds. The van der Waals surface area contributed by atoms with Gasteiger partial charge in [-0.05, 0) is 31.3 Å². The van der Waals surface area contributed by atoms with Crippen molar-refractivity contribution in [1.82, 2.24) is 15.1 Å². The zero-order valence-corrected chi connectivity index (χ0v) is 11.8. The summed E-state index contributed by atoms with van der Waals surface area (Å²) in [5, 5.41) is 16.2. The van der Waals surface area contributed by atoms with Gasteiger partial charge in [-0.15, -0.1) is 0 Å². The smallest absolute Gasteiger partial charge is 0.329 e. The average Bonchev–Trinajstić information content (AvgIpc) is 2.69. The molecular weight excluding hydrogens is 266 g/mol. The molecule has 0 aliphatic carbocycles. The van der Waals surface area contributed by atoms with Gasteiger partial charge in [0.05, 0.1) is 11.3 Å². The molecule has 0 saturated carbocycles. The molecule has 2 heterocycles. The minimum atomic E-state index is -1.13. The Balaban J connectivity index is 2.20. The van der Waals surface area contributed by atoms with E-state index in [0.717, 1.165) is 11.5 Å². The first kappa shape index (κ1) is 13.9. The number of aliphatic carboxylic acids is 1. The van der Waals surface area contributed by atoms with Crippen LogP contribution in [-0.2, 0) is 11.8 Å². The highest BCUT2D eigenvalue weighted by Gasteiger charge is 2.41. The van der Waals surface area contributed by atoms with Crippen molar-refractivity contribution in [1.29, 1.82) is 0 Å². The summed E-state index contributed by atoms with van der Waals surface area (Å²) in [6, 6.07) is 0. The maximum atomic E-state index is 12.2. The zero-order chi connectivity index (χ0) is 14.0. The molecule has 0 aromatic carbocycles. The van der Waals surface area contributed by atoms with Crippen LogP contribution in [0.1, 0.15) is 28.9 Å². The molecule has 1 fully saturated rings. The third kappa shape index (κ3) is 2.75. The maximum Gasteiger partial charge on any atom is 0.329 e. The lowest BCUT2D eigenvalue weighted by Crippen LogP contribution is -2.56. The van der Waals surface area contributed by atoms with Gasteiger partial charge in [0.15, 0.2) is 0 Å². The topological polar surface area (TPSA) is 84.2 Å². The van der Waals surface area contributed by atoms with Crippen molar-refractivity contribution in [2.24, 2.45) is 7.05 Å². The fourth-order valence-corrected chi connectivity index (χ4v) is 3.41. The summed E-state index contributed by atoms with van der Waals surface area (Å²) < 4.78 is 1.55. The van der Waals surface area contributed by atoms with Crippen LogP contribution in [0.15, 0.2) is 6.20 Å². The fourth-order valence-electron chi connectivity index (χ4n) is 2.22. The number of carbonyl (C=O) groups excluding carboxylic acids is 1. The van der Waals surface area contributed by atoms with Gasteiger partial charge in [-0.25, -0.2) is 4.79 Å². The van der Waals surface area contributed by atoms with Crippen molar-refractivity contribution in [2.75, 3.05) is 11.5 Å². The highest BCUT2D eigenvalue weighted by atomic mass is 32.2. The highest BCUT2D eigenvalue weighted by Crippen LogP contribution is 2.28. The number of hydrogen-bond acceptors (Lipinski definition) is 4. The number of amides is 1. The molecule has 7 heteroatoms. The zero-order valence-electron chi connectivity index (χ0n) is 11.0. The van der Waals surface area contributed by atoms with Gasteiger partial charge in [0, 0.05) is 13.2 Å². The Morgan fingerprint density at radius 1 is 1.47 bits per heavy atom. The number of carbonyl (C=O) groups is 2. The van der Waals surface area contributed by atoms with E-state index < -0.39 is 11.5 Å². The van der Waals surface area contributed by atoms with E-state index in [-0.39, 0.29) is 5.91 Å². The summed E-state index contributed by atoms with van der Waals surface area (Å²) in [7, 11) is 1.73. The molecule has 0 radical (unpaired) electrons. The molecule has 2 rings (SSSR count). The summed E-state index contributed by atoms with van der Waals surface area (Å²) in [4.78, 5) is 23.7. The minimum absolute atomic E-state index is 0.361. The van der Waals surface area contributed by atoms with E-state index in [1.165, 1.54) is 0 Å². The fraction of sp³-hybridized carbons (Fsp3) is 0.583. The predicted octanol–water partition coefficient (Wildman–Crippen LogP) is 0.809. The first-order chi connectivity index (χ1) is 8.94. The number of rotatable bonds is 3. The van der Waals surface area contributed by atoms with Gasteiger partial charge in [0.1, 0.15) is 5.54 Å². The van der Waals surface area contributed by atoms with Crippen LogP contribution in [0.4, 0.5) is 0 Å². The Labute approximate surface area is 115 Å². The number of carboxylic acid groups (broad SMARTS) is 1. The van der Waals surface area contributed by atoms with E-state index in [2.05, 4.69) is 10.4 Å². The average molecular weight is 283 g/mol. The van der Waals surface area contributed by atoms with E-state index in [4.69, 9.17) is 0 Å². The number of hydrogen-bond donors (Lipinski definition) is 2. The maximum absolute atomic E-state index is 12.2. The normalized spacial score (nSPS) is 18.0. The van der Waals surface area contributed by atoms with Gasteiger partial charge in [-0.1, -0.05) is 0 Å². The minimum Gasteiger partial charge on any atom is -0.480 e. The summed E-state index contributed by atoms with van der Waals surface area (Å²) in [6.07, 6.45) is 2.52. The second-order valence-electron chi connectivity index (χ2n) is 4.76. The Hall–Kier alpha value is -1.50. The second-order valence-corrected chi connectivity index (χ2v) is 5.98. The lowest BCUT2D eigenvalue weighted by atomic mass is 9.92. The van der Waals surface area contributed by atoms with Crippen LogP contribution < -0.4 is 5.32 Å². The van der Waals surface area contributed by atoms with Crippen molar-refractivity contribution >= 4 is 23.6 Å². The third-order valence-electron chi connectivity index (χ3n) is 3.37. The molecule has 1 aromatic heterocycles. The molecule has 19 heavy (non-hydrogen) atoms. The van der Waals surface area contributed by atoms with Gasteiger partial charge in [-0.3, -0.25) is 9.48 Å². The largest absolute Gasteiger partial charge is 0.480 e. The van der Waals surface area contributed by atoms with E-state index >= 15 is 0 Å². The molecule has 1 aromatic rings. The second kappa shape index (κ2) is 5.24. The van der Waals surface area contributed by atoms with Crippen molar-refractivity contribution in [3.63, 3.8) is 0 Å². The first-order valence-corrected chi connectivity index (χ1v) is 7.24. The van der Waals surface area contributed by atoms with Crippen molar-refractivity contribution < 1.29 is 14.7 Å². The number of aryl methyl sites for hydroxylation is 2. The van der Waals surface area contributed by atoms with Crippen molar-refractivity contribution in [2.45, 2.75) is 25.3 Å². The van der Waals surface area contributed by atoms with Crippen LogP contribution in [0.5, 0.6) is 0 Å². The molecule has 0 spiro atoms. The molecule has 1 aliphatic heterocycles. The molecule has 0 atom stereocenters. The van der Waals surface area contributed by atoms with Crippen LogP contribution in [0, 0.1) is 6.92 Å². The standard InChI is InChI=1S/C12H17N3O3S/c1-8-9(7-15(2)14-8)10(16)13-12(11(17)18)3-5-19-6-4-12/h7H,3-6H2,1-2H3,(H,13,16)(H,17,18). The van der Waals surface area contributed by atoms with E-state index in [9.17, 15) is 14.7 Å². The third-order valence-corrected chi connectivity index (χ3v) is 4.35. The van der Waals surface area contributed by atoms with Crippen LogP contribution >= 0.6 is 11.8 Å². The first-order valence-electron chi connectivity index (χ1n) is 6.08. The molecular formula is C12H17N3O3S. The molecule has 0 unspecified atom stereocenters. The molecule has 6 nitrogen and oxygen atoms in total. The van der Waals surface area contributed by atoms with Crippen molar-refractivity contribution in [3.8, 4) is 0 Å².